The predicted molar refractivity (Wildman–Crippen MR) is 74.0 cm³/mol. The summed E-state index contributed by atoms with van der Waals surface area (Å²) in [5.74, 6) is 0.811. The number of aryl methyl sites for hydroxylation is 1. The third-order valence-electron chi connectivity index (χ3n) is 3.77. The maximum absolute atomic E-state index is 6.34. The van der Waals surface area contributed by atoms with Gasteiger partial charge in [-0.3, -0.25) is 0 Å². The second-order valence-electron chi connectivity index (χ2n) is 4.87. The first-order valence-electron chi connectivity index (χ1n) is 6.55. The van der Waals surface area contributed by atoms with E-state index in [1.807, 2.05) is 18.2 Å². The van der Waals surface area contributed by atoms with Crippen LogP contribution in [0.4, 0.5) is 5.69 Å². The maximum Gasteiger partial charge on any atom is 0.145 e. The van der Waals surface area contributed by atoms with Gasteiger partial charge < -0.3 is 10.5 Å². The molecule has 1 aliphatic carbocycles. The Morgan fingerprint density at radius 3 is 2.83 bits per heavy atom. The molecule has 0 saturated heterocycles. The minimum absolute atomic E-state index is 0.811. The Morgan fingerprint density at radius 2 is 2.00 bits per heavy atom. The Hall–Kier alpha value is -1.77. The average molecular weight is 242 g/mol. The molecule has 2 N–H and O–H groups in total. The second-order valence-corrected chi connectivity index (χ2v) is 4.87. The third kappa shape index (κ3) is 1.70. The first kappa shape index (κ1) is 11.3. The van der Waals surface area contributed by atoms with Crippen molar-refractivity contribution in [2.45, 2.75) is 32.1 Å². The van der Waals surface area contributed by atoms with Crippen molar-refractivity contribution in [1.29, 1.82) is 0 Å². The molecule has 2 aromatic rings. The van der Waals surface area contributed by atoms with Gasteiger partial charge in [-0.15, -0.1) is 0 Å². The molecular weight excluding hydrogens is 224 g/mol. The van der Waals surface area contributed by atoms with Crippen LogP contribution in [0.3, 0.4) is 0 Å². The van der Waals surface area contributed by atoms with E-state index in [2.05, 4.69) is 0 Å². The van der Waals surface area contributed by atoms with Crippen LogP contribution in [-0.2, 0) is 12.8 Å². The Morgan fingerprint density at radius 1 is 1.17 bits per heavy atom. The van der Waals surface area contributed by atoms with Crippen molar-refractivity contribution in [2.75, 3.05) is 12.8 Å². The molecule has 0 spiro atoms. The number of anilines is 1. The molecule has 1 aliphatic rings. The van der Waals surface area contributed by atoms with Crippen molar-refractivity contribution < 1.29 is 4.74 Å². The van der Waals surface area contributed by atoms with Gasteiger partial charge in [-0.1, -0.05) is 18.6 Å². The third-order valence-corrected chi connectivity index (χ3v) is 3.77. The number of ether oxygens (including phenoxy) is 1. The molecule has 0 atom stereocenters. The standard InChI is InChI=1S/C15H18N2O/c1-18-13-9-5-7-11-14(16)10-6-3-2-4-8-12(10)17-15(11)13/h5,7,9H,2-4,6,8H2,1H3,(H2,16,17). The van der Waals surface area contributed by atoms with Gasteiger partial charge in [-0.25, -0.2) is 4.98 Å². The minimum Gasteiger partial charge on any atom is -0.494 e. The van der Waals surface area contributed by atoms with E-state index in [1.54, 1.807) is 7.11 Å². The van der Waals surface area contributed by atoms with Crippen LogP contribution in [0.15, 0.2) is 18.2 Å². The Bertz CT molecular complexity index is 593. The minimum atomic E-state index is 0.811. The van der Waals surface area contributed by atoms with Crippen LogP contribution in [-0.4, -0.2) is 12.1 Å². The smallest absolute Gasteiger partial charge is 0.145 e. The summed E-state index contributed by atoms with van der Waals surface area (Å²) >= 11 is 0. The predicted octanol–water partition coefficient (Wildman–Crippen LogP) is 3.09. The molecule has 94 valence electrons. The van der Waals surface area contributed by atoms with E-state index in [0.717, 1.165) is 35.2 Å². The number of nitrogen functional groups attached to an aromatic ring is 1. The van der Waals surface area contributed by atoms with Crippen molar-refractivity contribution in [3.05, 3.63) is 29.5 Å². The molecule has 0 radical (unpaired) electrons. The molecule has 0 unspecified atom stereocenters. The van der Waals surface area contributed by atoms with E-state index < -0.39 is 0 Å². The van der Waals surface area contributed by atoms with Gasteiger partial charge >= 0.3 is 0 Å². The monoisotopic (exact) mass is 242 g/mol. The summed E-state index contributed by atoms with van der Waals surface area (Å²) in [6.07, 6.45) is 5.78. The van der Waals surface area contributed by atoms with Gasteiger partial charge in [0.15, 0.2) is 0 Å². The zero-order chi connectivity index (χ0) is 12.5. The topological polar surface area (TPSA) is 48.1 Å². The fraction of sp³-hybridized carbons (Fsp3) is 0.400. The summed E-state index contributed by atoms with van der Waals surface area (Å²) in [5, 5.41) is 1.02. The first-order valence-corrected chi connectivity index (χ1v) is 6.55. The van der Waals surface area contributed by atoms with E-state index in [0.29, 0.717) is 0 Å². The molecule has 1 aromatic carbocycles. The fourth-order valence-electron chi connectivity index (χ4n) is 2.80. The Labute approximate surface area is 107 Å². The number of methoxy groups -OCH3 is 1. The van der Waals surface area contributed by atoms with Gasteiger partial charge in [-0.05, 0) is 37.3 Å². The summed E-state index contributed by atoms with van der Waals surface area (Å²) in [6, 6.07) is 5.95. The summed E-state index contributed by atoms with van der Waals surface area (Å²) < 4.78 is 5.39. The lowest BCUT2D eigenvalue weighted by Crippen LogP contribution is -2.03. The summed E-state index contributed by atoms with van der Waals surface area (Å²) in [6.45, 7) is 0. The molecule has 3 heteroatoms. The largest absolute Gasteiger partial charge is 0.494 e. The molecule has 3 rings (SSSR count). The molecule has 1 heterocycles. The van der Waals surface area contributed by atoms with E-state index in [4.69, 9.17) is 15.5 Å². The van der Waals surface area contributed by atoms with Crippen LogP contribution < -0.4 is 10.5 Å². The Kier molecular flexibility index (Phi) is 2.82. The molecule has 0 bridgehead atoms. The highest BCUT2D eigenvalue weighted by atomic mass is 16.5. The number of nitrogens with zero attached hydrogens (tertiary/aromatic N) is 1. The highest BCUT2D eigenvalue weighted by Gasteiger charge is 2.16. The first-order chi connectivity index (χ1) is 8.81. The number of aromatic nitrogens is 1. The van der Waals surface area contributed by atoms with Crippen LogP contribution in [0.25, 0.3) is 10.9 Å². The summed E-state index contributed by atoms with van der Waals surface area (Å²) in [4.78, 5) is 4.80. The maximum atomic E-state index is 6.34. The van der Waals surface area contributed by atoms with Crippen LogP contribution in [0.2, 0.25) is 0 Å². The van der Waals surface area contributed by atoms with Gasteiger partial charge in [0.25, 0.3) is 0 Å². The van der Waals surface area contributed by atoms with Crippen molar-refractivity contribution >= 4 is 16.6 Å². The zero-order valence-corrected chi connectivity index (χ0v) is 10.7. The number of benzene rings is 1. The molecular formula is C15H18N2O. The summed E-state index contributed by atoms with van der Waals surface area (Å²) in [5.41, 5.74) is 10.6. The molecule has 0 amide bonds. The van der Waals surface area contributed by atoms with Crippen LogP contribution in [0.1, 0.15) is 30.5 Å². The summed E-state index contributed by atoms with van der Waals surface area (Å²) in [7, 11) is 1.68. The number of fused-ring (bicyclic) bond motifs is 2. The molecule has 3 nitrogen and oxygen atoms in total. The van der Waals surface area contributed by atoms with Crippen LogP contribution in [0.5, 0.6) is 5.75 Å². The number of rotatable bonds is 1. The quantitative estimate of drug-likeness (QED) is 0.782. The van der Waals surface area contributed by atoms with Gasteiger partial charge in [0.05, 0.1) is 7.11 Å². The van der Waals surface area contributed by atoms with Crippen LogP contribution >= 0.6 is 0 Å². The number of pyridine rings is 1. The molecule has 0 aliphatic heterocycles. The van der Waals surface area contributed by atoms with Crippen LogP contribution in [0, 0.1) is 0 Å². The van der Waals surface area contributed by atoms with Gasteiger partial charge in [0.1, 0.15) is 11.3 Å². The number of hydrogen-bond acceptors (Lipinski definition) is 3. The fourth-order valence-corrected chi connectivity index (χ4v) is 2.80. The van der Waals surface area contributed by atoms with E-state index in [9.17, 15) is 0 Å². The number of para-hydroxylation sites is 1. The van der Waals surface area contributed by atoms with Gasteiger partial charge in [0, 0.05) is 16.8 Å². The number of hydrogen-bond donors (Lipinski definition) is 1. The molecule has 1 aromatic heterocycles. The van der Waals surface area contributed by atoms with Gasteiger partial charge in [-0.2, -0.15) is 0 Å². The lowest BCUT2D eigenvalue weighted by Gasteiger charge is -2.13. The normalized spacial score (nSPS) is 15.2. The van der Waals surface area contributed by atoms with E-state index >= 15 is 0 Å². The lowest BCUT2D eigenvalue weighted by molar-refractivity contribution is 0.419. The second kappa shape index (κ2) is 4.48. The SMILES string of the molecule is COc1cccc2c(N)c3c(nc12)CCCCC3. The van der Waals surface area contributed by atoms with Crippen molar-refractivity contribution in [3.63, 3.8) is 0 Å². The zero-order valence-electron chi connectivity index (χ0n) is 10.7. The van der Waals surface area contributed by atoms with Crippen molar-refractivity contribution in [1.82, 2.24) is 4.98 Å². The molecule has 18 heavy (non-hydrogen) atoms. The van der Waals surface area contributed by atoms with E-state index in [-0.39, 0.29) is 0 Å². The number of nitrogens with two attached hydrogens (primary N) is 1. The molecule has 0 fully saturated rings. The molecule has 0 saturated carbocycles. The lowest BCUT2D eigenvalue weighted by atomic mass is 10.0. The highest BCUT2D eigenvalue weighted by Crippen LogP contribution is 2.34. The van der Waals surface area contributed by atoms with Gasteiger partial charge in [0.2, 0.25) is 0 Å². The van der Waals surface area contributed by atoms with Crippen molar-refractivity contribution in [3.8, 4) is 5.75 Å². The highest BCUT2D eigenvalue weighted by molar-refractivity contribution is 5.95. The Balaban J connectivity index is 2.31. The van der Waals surface area contributed by atoms with E-state index in [1.165, 1.54) is 30.5 Å². The van der Waals surface area contributed by atoms with Crippen molar-refractivity contribution in [2.24, 2.45) is 0 Å². The average Bonchev–Trinajstić information content (AvgIpc) is 2.64.